The lowest BCUT2D eigenvalue weighted by Crippen LogP contribution is -2.61. The highest BCUT2D eigenvalue weighted by Crippen LogP contribution is 2.31. The highest BCUT2D eigenvalue weighted by molar-refractivity contribution is 9.10. The van der Waals surface area contributed by atoms with E-state index in [0.29, 0.717) is 11.1 Å². The quantitative estimate of drug-likeness (QED) is 0.508. The molecular weight excluding hydrogens is 374 g/mol. The van der Waals surface area contributed by atoms with Crippen molar-refractivity contribution >= 4 is 32.8 Å². The molecule has 0 saturated carbocycles. The van der Waals surface area contributed by atoms with Gasteiger partial charge in [0.2, 0.25) is 6.29 Å². The summed E-state index contributed by atoms with van der Waals surface area (Å²) in [6.07, 6.45) is -6.66. The zero-order valence-corrected chi connectivity index (χ0v) is 13.2. The van der Waals surface area contributed by atoms with E-state index in [-0.39, 0.29) is 0 Å². The highest BCUT2D eigenvalue weighted by atomic mass is 79.9. The highest BCUT2D eigenvalue weighted by Gasteiger charge is 2.48. The topological polar surface area (TPSA) is 132 Å². The minimum absolute atomic E-state index is 0.318. The Hall–Kier alpha value is -1.65. The Labute approximate surface area is 138 Å². The van der Waals surface area contributed by atoms with Crippen LogP contribution in [-0.4, -0.2) is 62.1 Å². The van der Waals surface area contributed by atoms with Gasteiger partial charge in [-0.25, -0.2) is 4.79 Å². The maximum absolute atomic E-state index is 11.1. The summed E-state index contributed by atoms with van der Waals surface area (Å²) in [6, 6.07) is 5.41. The molecule has 2 heterocycles. The molecule has 0 aliphatic carbocycles. The predicted molar refractivity (Wildman–Crippen MR) is 80.9 cm³/mol. The van der Waals surface area contributed by atoms with Crippen LogP contribution in [0, 0.1) is 0 Å². The third-order valence-electron chi connectivity index (χ3n) is 3.66. The second-order valence-electron chi connectivity index (χ2n) is 5.20. The average molecular weight is 388 g/mol. The molecule has 1 aromatic heterocycles. The number of carbonyl (C=O) groups is 1. The van der Waals surface area contributed by atoms with Crippen LogP contribution >= 0.6 is 15.9 Å². The molecule has 9 heteroatoms. The van der Waals surface area contributed by atoms with Crippen molar-refractivity contribution in [3.8, 4) is 5.75 Å². The number of hydrogen-bond donors (Lipinski definition) is 5. The van der Waals surface area contributed by atoms with Crippen molar-refractivity contribution in [2.24, 2.45) is 0 Å². The van der Waals surface area contributed by atoms with Crippen LogP contribution in [0.5, 0.6) is 5.75 Å². The maximum Gasteiger partial charge on any atom is 0.335 e. The monoisotopic (exact) mass is 387 g/mol. The van der Waals surface area contributed by atoms with Gasteiger partial charge in [-0.3, -0.25) is 0 Å². The summed E-state index contributed by atoms with van der Waals surface area (Å²) in [6.45, 7) is 0. The smallest absolute Gasteiger partial charge is 0.335 e. The van der Waals surface area contributed by atoms with Crippen LogP contribution in [0.1, 0.15) is 0 Å². The molecule has 1 saturated heterocycles. The van der Waals surface area contributed by atoms with Crippen LogP contribution in [0.25, 0.3) is 10.9 Å². The number of H-pyrrole nitrogens is 1. The van der Waals surface area contributed by atoms with Crippen molar-refractivity contribution in [2.75, 3.05) is 0 Å². The first kappa shape index (κ1) is 16.2. The third-order valence-corrected chi connectivity index (χ3v) is 4.16. The number of carboxylic acid groups (broad SMARTS) is 1. The molecule has 2 aromatic rings. The average Bonchev–Trinajstić information content (AvgIpc) is 2.89. The van der Waals surface area contributed by atoms with Crippen molar-refractivity contribution in [3.63, 3.8) is 0 Å². The molecule has 1 aliphatic rings. The Morgan fingerprint density at radius 1 is 1.22 bits per heavy atom. The van der Waals surface area contributed by atoms with Crippen LogP contribution in [-0.2, 0) is 9.53 Å². The molecule has 8 nitrogen and oxygen atoms in total. The first-order valence-corrected chi connectivity index (χ1v) is 7.53. The van der Waals surface area contributed by atoms with Gasteiger partial charge in [-0.2, -0.15) is 0 Å². The molecule has 1 aliphatic heterocycles. The lowest BCUT2D eigenvalue weighted by Gasteiger charge is -2.38. The fourth-order valence-electron chi connectivity index (χ4n) is 2.44. The van der Waals surface area contributed by atoms with E-state index in [0.717, 1.165) is 9.99 Å². The van der Waals surface area contributed by atoms with Gasteiger partial charge in [-0.15, -0.1) is 0 Å². The number of benzene rings is 1. The predicted octanol–water partition coefficient (Wildman–Crippen LogP) is 0.201. The normalized spacial score (nSPS) is 31.2. The first-order valence-electron chi connectivity index (χ1n) is 6.74. The number of aliphatic hydroxyl groups is 3. The molecule has 5 N–H and O–H groups in total. The van der Waals surface area contributed by atoms with E-state index >= 15 is 0 Å². The number of aromatic amines is 1. The number of aliphatic carboxylic acids is 1. The first-order chi connectivity index (χ1) is 10.9. The number of carboxylic acids is 1. The Balaban J connectivity index is 1.88. The number of fused-ring (bicyclic) bond motifs is 1. The zero-order chi connectivity index (χ0) is 16.7. The summed E-state index contributed by atoms with van der Waals surface area (Å²) >= 11 is 3.33. The van der Waals surface area contributed by atoms with E-state index < -0.39 is 36.7 Å². The van der Waals surface area contributed by atoms with Crippen molar-refractivity contribution in [2.45, 2.75) is 30.7 Å². The van der Waals surface area contributed by atoms with Gasteiger partial charge < -0.3 is 34.9 Å². The van der Waals surface area contributed by atoms with Crippen molar-refractivity contribution in [1.29, 1.82) is 0 Å². The minimum Gasteiger partial charge on any atom is -0.479 e. The van der Waals surface area contributed by atoms with Gasteiger partial charge in [0.25, 0.3) is 0 Å². The maximum atomic E-state index is 11.1. The summed E-state index contributed by atoms with van der Waals surface area (Å²) in [4.78, 5) is 14.0. The van der Waals surface area contributed by atoms with Gasteiger partial charge in [-0.05, 0) is 18.2 Å². The number of nitrogens with one attached hydrogen (secondary N) is 1. The molecule has 1 aromatic carbocycles. The van der Waals surface area contributed by atoms with Crippen LogP contribution in [0.2, 0.25) is 0 Å². The molecule has 23 heavy (non-hydrogen) atoms. The van der Waals surface area contributed by atoms with Gasteiger partial charge in [0.1, 0.15) is 24.1 Å². The van der Waals surface area contributed by atoms with Gasteiger partial charge in [-0.1, -0.05) is 15.9 Å². The molecule has 0 unspecified atom stereocenters. The summed E-state index contributed by atoms with van der Waals surface area (Å²) in [5, 5.41) is 39.1. The van der Waals surface area contributed by atoms with Crippen molar-refractivity contribution in [1.82, 2.24) is 4.98 Å². The fraction of sp³-hybridized carbons (Fsp3) is 0.357. The van der Waals surface area contributed by atoms with Gasteiger partial charge in [0, 0.05) is 21.6 Å². The number of aliphatic hydroxyl groups excluding tert-OH is 3. The van der Waals surface area contributed by atoms with Gasteiger partial charge >= 0.3 is 5.97 Å². The zero-order valence-electron chi connectivity index (χ0n) is 11.6. The van der Waals surface area contributed by atoms with E-state index in [1.165, 1.54) is 6.20 Å². The summed E-state index contributed by atoms with van der Waals surface area (Å²) in [5.41, 5.74) is 0.767. The number of rotatable bonds is 3. The minimum atomic E-state index is -1.75. The van der Waals surface area contributed by atoms with Gasteiger partial charge in [0.05, 0.1) is 0 Å². The SMILES string of the molecule is O=C(O)[C@H]1O[C@H](Oc2c[nH]c3ccc(Br)cc23)[C@H](O)[C@@H](O)[C@@H]1O. The second kappa shape index (κ2) is 6.10. The molecule has 0 amide bonds. The Kier molecular flexibility index (Phi) is 4.30. The van der Waals surface area contributed by atoms with Gasteiger partial charge in [0.15, 0.2) is 6.10 Å². The molecule has 124 valence electrons. The number of halogens is 1. The molecule has 3 rings (SSSR count). The van der Waals surface area contributed by atoms with Crippen LogP contribution in [0.3, 0.4) is 0 Å². The standard InChI is InChI=1S/C14H14BrNO7/c15-5-1-2-7-6(3-5)8(4-16-7)22-14-11(19)9(17)10(18)12(23-14)13(20)21/h1-4,9-12,14,16-19H,(H,20,21)/t9-,10-,11+,12-,14-/m0/s1. The van der Waals surface area contributed by atoms with Crippen LogP contribution < -0.4 is 4.74 Å². The molecule has 1 fully saturated rings. The van der Waals surface area contributed by atoms with E-state index in [1.807, 2.05) is 12.1 Å². The van der Waals surface area contributed by atoms with E-state index in [2.05, 4.69) is 20.9 Å². The van der Waals surface area contributed by atoms with E-state index in [1.54, 1.807) is 6.07 Å². The number of hydrogen-bond acceptors (Lipinski definition) is 6. The van der Waals surface area contributed by atoms with E-state index in [9.17, 15) is 20.1 Å². The summed E-state index contributed by atoms with van der Waals surface area (Å²) in [7, 11) is 0. The molecule has 5 atom stereocenters. The van der Waals surface area contributed by atoms with E-state index in [4.69, 9.17) is 14.6 Å². The molecule has 0 bridgehead atoms. The summed E-state index contributed by atoms with van der Waals surface area (Å²) in [5.74, 6) is -1.14. The number of ether oxygens (including phenoxy) is 2. The lowest BCUT2D eigenvalue weighted by molar-refractivity contribution is -0.270. The molecule has 0 radical (unpaired) electrons. The Morgan fingerprint density at radius 2 is 1.96 bits per heavy atom. The summed E-state index contributed by atoms with van der Waals surface area (Å²) < 4.78 is 11.4. The Morgan fingerprint density at radius 3 is 2.65 bits per heavy atom. The lowest BCUT2D eigenvalue weighted by atomic mass is 9.99. The molecular formula is C14H14BrNO7. The largest absolute Gasteiger partial charge is 0.479 e. The van der Waals surface area contributed by atoms with Crippen molar-refractivity contribution in [3.05, 3.63) is 28.9 Å². The van der Waals surface area contributed by atoms with Crippen molar-refractivity contribution < 1.29 is 34.7 Å². The third kappa shape index (κ3) is 2.93. The number of aromatic nitrogens is 1. The van der Waals surface area contributed by atoms with Crippen LogP contribution in [0.15, 0.2) is 28.9 Å². The van der Waals surface area contributed by atoms with Crippen LogP contribution in [0.4, 0.5) is 0 Å². The second-order valence-corrected chi connectivity index (χ2v) is 6.11. The Bertz CT molecular complexity index is 733. The fourth-order valence-corrected chi connectivity index (χ4v) is 2.80. The molecule has 0 spiro atoms.